The third-order valence-electron chi connectivity index (χ3n) is 4.16. The molecule has 6 heteroatoms. The van der Waals surface area contributed by atoms with Gasteiger partial charge in [0, 0.05) is 39.6 Å². The van der Waals surface area contributed by atoms with Gasteiger partial charge >= 0.3 is 6.03 Å². The molecule has 1 unspecified atom stereocenters. The van der Waals surface area contributed by atoms with E-state index in [1.807, 2.05) is 4.90 Å². The van der Waals surface area contributed by atoms with Crippen molar-refractivity contribution in [1.29, 1.82) is 0 Å². The highest BCUT2D eigenvalue weighted by Gasteiger charge is 2.40. The minimum absolute atomic E-state index is 0.00697. The minimum Gasteiger partial charge on any atom is -0.339 e. The molecule has 2 saturated heterocycles. The molecule has 2 aliphatic heterocycles. The van der Waals surface area contributed by atoms with Gasteiger partial charge in [-0.2, -0.15) is 0 Å². The summed E-state index contributed by atoms with van der Waals surface area (Å²) in [4.78, 5) is 29.2. The van der Waals surface area contributed by atoms with E-state index in [-0.39, 0.29) is 23.8 Å². The highest BCUT2D eigenvalue weighted by Crippen LogP contribution is 2.22. The molecule has 2 fully saturated rings. The van der Waals surface area contributed by atoms with Crippen molar-refractivity contribution < 1.29 is 14.0 Å². The second-order valence-electron chi connectivity index (χ2n) is 5.60. The molecule has 1 atom stereocenters. The van der Waals surface area contributed by atoms with E-state index < -0.39 is 0 Å². The number of hydrogen-bond donors (Lipinski definition) is 0. The van der Waals surface area contributed by atoms with Gasteiger partial charge in [0.25, 0.3) is 0 Å². The van der Waals surface area contributed by atoms with Crippen molar-refractivity contribution in [1.82, 2.24) is 14.7 Å². The summed E-state index contributed by atoms with van der Waals surface area (Å²) in [5.41, 5.74) is 0.910. The van der Waals surface area contributed by atoms with Crippen LogP contribution in [0.3, 0.4) is 0 Å². The molecule has 0 radical (unpaired) electrons. The normalized spacial score (nSPS) is 21.7. The second-order valence-corrected chi connectivity index (χ2v) is 5.60. The van der Waals surface area contributed by atoms with Gasteiger partial charge in [0.2, 0.25) is 5.91 Å². The Labute approximate surface area is 122 Å². The van der Waals surface area contributed by atoms with Crippen LogP contribution < -0.4 is 0 Å². The van der Waals surface area contributed by atoms with Crippen LogP contribution >= 0.6 is 0 Å². The van der Waals surface area contributed by atoms with Crippen molar-refractivity contribution >= 4 is 11.9 Å². The zero-order chi connectivity index (χ0) is 15.0. The van der Waals surface area contributed by atoms with E-state index >= 15 is 0 Å². The average Bonchev–Trinajstić information content (AvgIpc) is 2.77. The van der Waals surface area contributed by atoms with Crippen LogP contribution in [0.4, 0.5) is 9.18 Å². The van der Waals surface area contributed by atoms with Gasteiger partial charge in [0.1, 0.15) is 5.82 Å². The fraction of sp³-hybridized carbons (Fsp3) is 0.467. The predicted octanol–water partition coefficient (Wildman–Crippen LogP) is 1.29. The Morgan fingerprint density at radius 1 is 1.24 bits per heavy atom. The van der Waals surface area contributed by atoms with Gasteiger partial charge in [-0.15, -0.1) is 0 Å². The summed E-state index contributed by atoms with van der Waals surface area (Å²) in [7, 11) is 0. The van der Waals surface area contributed by atoms with Gasteiger partial charge in [0.15, 0.2) is 0 Å². The van der Waals surface area contributed by atoms with Crippen LogP contribution in [-0.4, -0.2) is 58.9 Å². The number of fused-ring (bicyclic) bond motifs is 1. The fourth-order valence-corrected chi connectivity index (χ4v) is 3.01. The molecule has 3 amide bonds. The molecule has 112 valence electrons. The van der Waals surface area contributed by atoms with Crippen molar-refractivity contribution in [2.75, 3.05) is 26.2 Å². The topological polar surface area (TPSA) is 43.9 Å². The van der Waals surface area contributed by atoms with Crippen molar-refractivity contribution in [3.63, 3.8) is 0 Å². The number of urea groups is 1. The zero-order valence-electron chi connectivity index (χ0n) is 12.0. The lowest BCUT2D eigenvalue weighted by Crippen LogP contribution is -2.53. The lowest BCUT2D eigenvalue weighted by Gasteiger charge is -2.35. The quantitative estimate of drug-likeness (QED) is 0.824. The van der Waals surface area contributed by atoms with E-state index in [9.17, 15) is 14.0 Å². The minimum atomic E-state index is -0.277. The van der Waals surface area contributed by atoms with Crippen LogP contribution in [0.25, 0.3) is 0 Å². The molecule has 0 saturated carbocycles. The molecular weight excluding hydrogens is 273 g/mol. The molecular formula is C15H18FN3O2. The maximum absolute atomic E-state index is 12.9. The van der Waals surface area contributed by atoms with Crippen LogP contribution in [0.2, 0.25) is 0 Å². The number of nitrogens with zero attached hydrogens (tertiary/aromatic N) is 3. The third kappa shape index (κ3) is 2.70. The van der Waals surface area contributed by atoms with Gasteiger partial charge in [0.05, 0.1) is 6.04 Å². The highest BCUT2D eigenvalue weighted by molar-refractivity contribution is 5.78. The third-order valence-corrected chi connectivity index (χ3v) is 4.16. The number of hydrogen-bond acceptors (Lipinski definition) is 2. The van der Waals surface area contributed by atoms with Crippen LogP contribution in [-0.2, 0) is 11.3 Å². The Morgan fingerprint density at radius 3 is 2.62 bits per heavy atom. The molecule has 0 bridgehead atoms. The summed E-state index contributed by atoms with van der Waals surface area (Å²) < 4.78 is 12.9. The zero-order valence-corrected chi connectivity index (χ0v) is 12.0. The Morgan fingerprint density at radius 2 is 1.95 bits per heavy atom. The number of halogens is 1. The number of benzene rings is 1. The summed E-state index contributed by atoms with van der Waals surface area (Å²) in [6.07, 6.45) is 0. The molecule has 1 aromatic rings. The van der Waals surface area contributed by atoms with Gasteiger partial charge in [-0.1, -0.05) is 12.1 Å². The number of carbonyl (C=O) groups excluding carboxylic acids is 2. The van der Waals surface area contributed by atoms with E-state index in [0.717, 1.165) is 5.56 Å². The Hall–Kier alpha value is -2.11. The lowest BCUT2D eigenvalue weighted by atomic mass is 10.2. The first kappa shape index (κ1) is 13.9. The second kappa shape index (κ2) is 5.35. The monoisotopic (exact) mass is 291 g/mol. The summed E-state index contributed by atoms with van der Waals surface area (Å²) in [6, 6.07) is 6.27. The largest absolute Gasteiger partial charge is 0.339 e. The first-order chi connectivity index (χ1) is 10.0. The average molecular weight is 291 g/mol. The smallest absolute Gasteiger partial charge is 0.320 e. The highest BCUT2D eigenvalue weighted by atomic mass is 19.1. The van der Waals surface area contributed by atoms with Crippen molar-refractivity contribution in [3.8, 4) is 0 Å². The Bertz CT molecular complexity index is 561. The molecule has 2 aliphatic rings. The molecule has 3 rings (SSSR count). The van der Waals surface area contributed by atoms with E-state index in [1.165, 1.54) is 12.1 Å². The van der Waals surface area contributed by atoms with Crippen molar-refractivity contribution in [2.45, 2.75) is 19.5 Å². The first-order valence-corrected chi connectivity index (χ1v) is 7.10. The van der Waals surface area contributed by atoms with E-state index in [1.54, 1.807) is 28.9 Å². The van der Waals surface area contributed by atoms with Crippen LogP contribution in [0.5, 0.6) is 0 Å². The van der Waals surface area contributed by atoms with E-state index in [0.29, 0.717) is 32.7 Å². The molecule has 21 heavy (non-hydrogen) atoms. The van der Waals surface area contributed by atoms with Crippen LogP contribution in [0.1, 0.15) is 12.5 Å². The summed E-state index contributed by atoms with van der Waals surface area (Å²) >= 11 is 0. The lowest BCUT2D eigenvalue weighted by molar-refractivity contribution is -0.130. The molecule has 0 aliphatic carbocycles. The maximum atomic E-state index is 12.9. The summed E-state index contributed by atoms with van der Waals surface area (Å²) in [6.45, 7) is 4.43. The summed E-state index contributed by atoms with van der Waals surface area (Å²) in [5.74, 6) is -0.222. The number of amides is 3. The van der Waals surface area contributed by atoms with Gasteiger partial charge in [-0.3, -0.25) is 4.79 Å². The summed E-state index contributed by atoms with van der Waals surface area (Å²) in [5, 5.41) is 0. The Balaban J connectivity index is 1.68. The predicted molar refractivity (Wildman–Crippen MR) is 75.0 cm³/mol. The maximum Gasteiger partial charge on any atom is 0.320 e. The molecule has 0 N–H and O–H groups in total. The first-order valence-electron chi connectivity index (χ1n) is 7.10. The molecule has 5 nitrogen and oxygen atoms in total. The van der Waals surface area contributed by atoms with Gasteiger partial charge < -0.3 is 14.7 Å². The molecule has 0 aromatic heterocycles. The molecule has 0 spiro atoms. The SMILES string of the molecule is CC(=O)N1CCN2C(=O)N(Cc3ccc(F)cc3)CC2C1. The van der Waals surface area contributed by atoms with Crippen molar-refractivity contribution in [3.05, 3.63) is 35.6 Å². The van der Waals surface area contributed by atoms with Gasteiger partial charge in [-0.25, -0.2) is 9.18 Å². The number of carbonyl (C=O) groups is 2. The number of rotatable bonds is 2. The van der Waals surface area contributed by atoms with Gasteiger partial charge in [-0.05, 0) is 17.7 Å². The fourth-order valence-electron chi connectivity index (χ4n) is 3.01. The van der Waals surface area contributed by atoms with Crippen LogP contribution in [0, 0.1) is 5.82 Å². The molecule has 2 heterocycles. The van der Waals surface area contributed by atoms with Crippen LogP contribution in [0.15, 0.2) is 24.3 Å². The van der Waals surface area contributed by atoms with Crippen molar-refractivity contribution in [2.24, 2.45) is 0 Å². The standard InChI is InChI=1S/C15H18FN3O2/c1-11(20)17-6-7-19-14(9-17)10-18(15(19)21)8-12-2-4-13(16)5-3-12/h2-5,14H,6-10H2,1H3. The van der Waals surface area contributed by atoms with E-state index in [2.05, 4.69) is 0 Å². The number of piperazine rings is 1. The van der Waals surface area contributed by atoms with E-state index in [4.69, 9.17) is 0 Å². The molecule has 1 aromatic carbocycles. The Kier molecular flexibility index (Phi) is 3.53.